The Kier molecular flexibility index (Phi) is 3.88. The lowest BCUT2D eigenvalue weighted by Gasteiger charge is -1.98. The third-order valence-corrected chi connectivity index (χ3v) is 2.51. The number of hydrogen-bond acceptors (Lipinski definition) is 3. The molecule has 90 valence electrons. The summed E-state index contributed by atoms with van der Waals surface area (Å²) in [4.78, 5) is 4.14. The van der Waals surface area contributed by atoms with Gasteiger partial charge in [0, 0.05) is 6.42 Å². The van der Waals surface area contributed by atoms with Gasteiger partial charge in [-0.25, -0.2) is 9.37 Å². The molecule has 1 aromatic carbocycles. The molecule has 0 amide bonds. The number of halogens is 1. The summed E-state index contributed by atoms with van der Waals surface area (Å²) in [6.45, 7) is 0.914. The third-order valence-electron chi connectivity index (χ3n) is 2.51. The molecule has 17 heavy (non-hydrogen) atoms. The van der Waals surface area contributed by atoms with Crippen molar-refractivity contribution in [3.05, 3.63) is 42.2 Å². The van der Waals surface area contributed by atoms with Gasteiger partial charge in [0.1, 0.15) is 5.82 Å². The van der Waals surface area contributed by atoms with Crippen molar-refractivity contribution in [3.8, 4) is 11.3 Å². The van der Waals surface area contributed by atoms with Gasteiger partial charge in [-0.05, 0) is 32.1 Å². The van der Waals surface area contributed by atoms with Gasteiger partial charge in [-0.1, -0.05) is 12.1 Å². The fraction of sp³-hybridized carbons (Fsp3) is 0.308. The maximum Gasteiger partial charge on any atom is 0.194 e. The van der Waals surface area contributed by atoms with E-state index in [1.165, 1.54) is 6.07 Å². The van der Waals surface area contributed by atoms with E-state index in [2.05, 4.69) is 10.3 Å². The van der Waals surface area contributed by atoms with E-state index in [9.17, 15) is 4.39 Å². The second-order valence-corrected chi connectivity index (χ2v) is 3.81. The number of aromatic nitrogens is 1. The molecule has 1 heterocycles. The molecule has 2 aromatic rings. The first-order valence-corrected chi connectivity index (χ1v) is 5.65. The normalized spacial score (nSPS) is 10.7. The minimum absolute atomic E-state index is 0.287. The zero-order valence-corrected chi connectivity index (χ0v) is 9.74. The summed E-state index contributed by atoms with van der Waals surface area (Å²) in [6, 6.07) is 6.54. The van der Waals surface area contributed by atoms with E-state index in [-0.39, 0.29) is 5.82 Å². The fourth-order valence-electron chi connectivity index (χ4n) is 1.63. The molecule has 0 radical (unpaired) electrons. The van der Waals surface area contributed by atoms with Gasteiger partial charge < -0.3 is 9.73 Å². The average Bonchev–Trinajstić information content (AvgIpc) is 2.79. The first-order valence-electron chi connectivity index (χ1n) is 5.65. The van der Waals surface area contributed by atoms with Crippen LogP contribution >= 0.6 is 0 Å². The standard InChI is InChI=1S/C13H15FN2O/c1-15-8-4-7-13-16-9-12(17-13)10-5-2-3-6-11(10)14/h2-3,5-6,9,15H,4,7-8H2,1H3. The molecule has 0 unspecified atom stereocenters. The minimum Gasteiger partial charge on any atom is -0.441 e. The van der Waals surface area contributed by atoms with E-state index >= 15 is 0 Å². The van der Waals surface area contributed by atoms with Crippen molar-refractivity contribution < 1.29 is 8.81 Å². The van der Waals surface area contributed by atoms with Crippen LogP contribution in [-0.2, 0) is 6.42 Å². The lowest BCUT2D eigenvalue weighted by Crippen LogP contribution is -2.08. The summed E-state index contributed by atoms with van der Waals surface area (Å²) in [5.74, 6) is 0.853. The van der Waals surface area contributed by atoms with E-state index in [0.717, 1.165) is 19.4 Å². The smallest absolute Gasteiger partial charge is 0.194 e. The lowest BCUT2D eigenvalue weighted by atomic mass is 10.2. The van der Waals surface area contributed by atoms with Crippen LogP contribution in [0.15, 0.2) is 34.9 Å². The highest BCUT2D eigenvalue weighted by atomic mass is 19.1. The van der Waals surface area contributed by atoms with Gasteiger partial charge in [-0.3, -0.25) is 0 Å². The van der Waals surface area contributed by atoms with Crippen LogP contribution < -0.4 is 5.32 Å². The zero-order chi connectivity index (χ0) is 12.1. The van der Waals surface area contributed by atoms with Crippen LogP contribution in [0.3, 0.4) is 0 Å². The average molecular weight is 234 g/mol. The Bertz CT molecular complexity index is 482. The predicted molar refractivity (Wildman–Crippen MR) is 64.1 cm³/mol. The topological polar surface area (TPSA) is 38.1 Å². The highest BCUT2D eigenvalue weighted by Gasteiger charge is 2.09. The number of nitrogens with one attached hydrogen (secondary N) is 1. The summed E-state index contributed by atoms with van der Waals surface area (Å²) in [5, 5.41) is 3.06. The molecule has 1 N–H and O–H groups in total. The Morgan fingerprint density at radius 1 is 1.35 bits per heavy atom. The highest BCUT2D eigenvalue weighted by molar-refractivity contribution is 5.56. The molecule has 3 nitrogen and oxygen atoms in total. The molecule has 0 spiro atoms. The summed E-state index contributed by atoms with van der Waals surface area (Å²) in [7, 11) is 1.90. The lowest BCUT2D eigenvalue weighted by molar-refractivity contribution is 0.492. The largest absolute Gasteiger partial charge is 0.441 e. The Morgan fingerprint density at radius 2 is 2.18 bits per heavy atom. The van der Waals surface area contributed by atoms with Crippen molar-refractivity contribution in [3.63, 3.8) is 0 Å². The number of benzene rings is 1. The molecule has 0 atom stereocenters. The van der Waals surface area contributed by atoms with Gasteiger partial charge in [0.15, 0.2) is 11.7 Å². The van der Waals surface area contributed by atoms with Crippen molar-refractivity contribution >= 4 is 0 Å². The van der Waals surface area contributed by atoms with Gasteiger partial charge in [0.05, 0.1) is 11.8 Å². The van der Waals surface area contributed by atoms with Gasteiger partial charge in [-0.2, -0.15) is 0 Å². The van der Waals surface area contributed by atoms with Crippen molar-refractivity contribution in [1.29, 1.82) is 0 Å². The molecule has 0 fully saturated rings. The number of aryl methyl sites for hydroxylation is 1. The van der Waals surface area contributed by atoms with Crippen LogP contribution in [0, 0.1) is 5.82 Å². The van der Waals surface area contributed by atoms with E-state index in [1.54, 1.807) is 24.4 Å². The van der Waals surface area contributed by atoms with Gasteiger partial charge in [-0.15, -0.1) is 0 Å². The molecule has 0 aliphatic carbocycles. The molecule has 0 aliphatic heterocycles. The quantitative estimate of drug-likeness (QED) is 0.808. The number of hydrogen-bond donors (Lipinski definition) is 1. The number of rotatable bonds is 5. The second kappa shape index (κ2) is 5.59. The summed E-state index contributed by atoms with van der Waals surface area (Å²) in [5.41, 5.74) is 0.458. The van der Waals surface area contributed by atoms with E-state index < -0.39 is 0 Å². The van der Waals surface area contributed by atoms with Gasteiger partial charge in [0.25, 0.3) is 0 Å². The monoisotopic (exact) mass is 234 g/mol. The van der Waals surface area contributed by atoms with Crippen LogP contribution in [0.1, 0.15) is 12.3 Å². The minimum atomic E-state index is -0.287. The Balaban J connectivity index is 2.10. The predicted octanol–water partition coefficient (Wildman–Crippen LogP) is 2.63. The van der Waals surface area contributed by atoms with Crippen LogP contribution in [0.2, 0.25) is 0 Å². The van der Waals surface area contributed by atoms with Crippen LogP contribution in [0.4, 0.5) is 4.39 Å². The molecule has 2 rings (SSSR count). The van der Waals surface area contributed by atoms with Gasteiger partial charge >= 0.3 is 0 Å². The molecule has 0 aliphatic rings. The molecule has 1 aromatic heterocycles. The second-order valence-electron chi connectivity index (χ2n) is 3.81. The molecule has 0 saturated heterocycles. The van der Waals surface area contributed by atoms with E-state index in [1.807, 2.05) is 7.05 Å². The molecule has 0 bridgehead atoms. The van der Waals surface area contributed by atoms with Gasteiger partial charge in [0.2, 0.25) is 0 Å². The van der Waals surface area contributed by atoms with E-state index in [0.29, 0.717) is 17.2 Å². The number of oxazole rings is 1. The van der Waals surface area contributed by atoms with Crippen molar-refractivity contribution in [2.45, 2.75) is 12.8 Å². The fourth-order valence-corrected chi connectivity index (χ4v) is 1.63. The molecular weight excluding hydrogens is 219 g/mol. The molecule has 0 saturated carbocycles. The Morgan fingerprint density at radius 3 is 2.94 bits per heavy atom. The maximum absolute atomic E-state index is 13.5. The molecular formula is C13H15FN2O. The van der Waals surface area contributed by atoms with Crippen molar-refractivity contribution in [2.75, 3.05) is 13.6 Å². The number of nitrogens with zero attached hydrogens (tertiary/aromatic N) is 1. The summed E-state index contributed by atoms with van der Waals surface area (Å²) < 4.78 is 19.0. The van der Waals surface area contributed by atoms with Crippen molar-refractivity contribution in [2.24, 2.45) is 0 Å². The Hall–Kier alpha value is -1.68. The van der Waals surface area contributed by atoms with Crippen LogP contribution in [0.25, 0.3) is 11.3 Å². The third kappa shape index (κ3) is 2.91. The maximum atomic E-state index is 13.5. The van der Waals surface area contributed by atoms with E-state index in [4.69, 9.17) is 4.42 Å². The van der Waals surface area contributed by atoms with Crippen LogP contribution in [0.5, 0.6) is 0 Å². The first-order chi connectivity index (χ1) is 8.31. The van der Waals surface area contributed by atoms with Crippen LogP contribution in [-0.4, -0.2) is 18.6 Å². The Labute approximate surface area is 99.7 Å². The highest BCUT2D eigenvalue weighted by Crippen LogP contribution is 2.23. The zero-order valence-electron chi connectivity index (χ0n) is 9.74. The summed E-state index contributed by atoms with van der Waals surface area (Å²) >= 11 is 0. The SMILES string of the molecule is CNCCCc1ncc(-c2ccccc2F)o1. The molecule has 4 heteroatoms. The first kappa shape index (κ1) is 11.8. The van der Waals surface area contributed by atoms with Crippen molar-refractivity contribution in [1.82, 2.24) is 10.3 Å². The summed E-state index contributed by atoms with van der Waals surface area (Å²) in [6.07, 6.45) is 3.29.